The minimum absolute atomic E-state index is 0.104. The van der Waals surface area contributed by atoms with Crippen LogP contribution in [0.2, 0.25) is 5.02 Å². The lowest BCUT2D eigenvalue weighted by molar-refractivity contribution is -0.115. The second-order valence-electron chi connectivity index (χ2n) is 9.60. The van der Waals surface area contributed by atoms with Crippen LogP contribution in [0.25, 0.3) is 6.08 Å². The number of nitrogens with one attached hydrogen (secondary N) is 3. The number of carbonyl (C=O) groups excluding carboxylic acids is 3. The highest BCUT2D eigenvalue weighted by atomic mass is 35.5. The van der Waals surface area contributed by atoms with Crippen molar-refractivity contribution in [2.24, 2.45) is 0 Å². The summed E-state index contributed by atoms with van der Waals surface area (Å²) in [7, 11) is 3.90. The van der Waals surface area contributed by atoms with Crippen molar-refractivity contribution >= 4 is 64.2 Å². The molecule has 0 aliphatic rings. The third-order valence-corrected chi connectivity index (χ3v) is 7.52. The quantitative estimate of drug-likeness (QED) is 0.136. The Kier molecular flexibility index (Phi) is 10.4. The summed E-state index contributed by atoms with van der Waals surface area (Å²) in [4.78, 5) is 41.7. The van der Waals surface area contributed by atoms with Gasteiger partial charge >= 0.3 is 0 Å². The first-order chi connectivity index (χ1) is 20.2. The van der Waals surface area contributed by atoms with Gasteiger partial charge in [0.2, 0.25) is 5.91 Å². The van der Waals surface area contributed by atoms with E-state index < -0.39 is 5.91 Å². The summed E-state index contributed by atoms with van der Waals surface area (Å²) in [5, 5.41) is 8.73. The molecule has 42 heavy (non-hydrogen) atoms. The molecule has 0 saturated carbocycles. The Bertz CT molecular complexity index is 1560. The zero-order valence-corrected chi connectivity index (χ0v) is 25.0. The van der Waals surface area contributed by atoms with Crippen LogP contribution < -0.4 is 20.9 Å². The van der Waals surface area contributed by atoms with Gasteiger partial charge in [0.15, 0.2) is 0 Å². The third-order valence-electron chi connectivity index (χ3n) is 6.16. The molecule has 1 unspecified atom stereocenters. The minimum atomic E-state index is -0.466. The van der Waals surface area contributed by atoms with Crippen molar-refractivity contribution in [3.05, 3.63) is 125 Å². The Morgan fingerprint density at radius 1 is 0.786 bits per heavy atom. The second-order valence-corrected chi connectivity index (χ2v) is 11.4. The van der Waals surface area contributed by atoms with E-state index in [1.54, 1.807) is 66.7 Å². The van der Waals surface area contributed by atoms with Crippen molar-refractivity contribution in [3.63, 3.8) is 0 Å². The van der Waals surface area contributed by atoms with Gasteiger partial charge in [-0.15, -0.1) is 11.8 Å². The molecule has 7 nitrogen and oxygen atoms in total. The lowest BCUT2D eigenvalue weighted by atomic mass is 10.1. The molecule has 9 heteroatoms. The molecule has 3 N–H and O–H groups in total. The van der Waals surface area contributed by atoms with E-state index in [0.717, 1.165) is 16.1 Å². The van der Waals surface area contributed by atoms with E-state index in [1.165, 1.54) is 11.8 Å². The number of thioether (sulfide) groups is 1. The number of hydrogen-bond donors (Lipinski definition) is 3. The van der Waals surface area contributed by atoms with Gasteiger partial charge in [0.05, 0.1) is 5.25 Å². The predicted octanol–water partition coefficient (Wildman–Crippen LogP) is 6.93. The summed E-state index contributed by atoms with van der Waals surface area (Å²) < 4.78 is 0. The Morgan fingerprint density at radius 2 is 1.38 bits per heavy atom. The molecule has 0 radical (unpaired) electrons. The van der Waals surface area contributed by atoms with Gasteiger partial charge in [-0.3, -0.25) is 14.4 Å². The number of rotatable bonds is 10. The Morgan fingerprint density at radius 3 is 2.00 bits per heavy atom. The lowest BCUT2D eigenvalue weighted by Crippen LogP contribution is -2.30. The average molecular weight is 599 g/mol. The van der Waals surface area contributed by atoms with Crippen LogP contribution in [0, 0.1) is 0 Å². The summed E-state index contributed by atoms with van der Waals surface area (Å²) in [6, 6.07) is 30.5. The SMILES string of the molecule is CC(Sc1ccc(NC(=O)/C(=C/c2ccc(N(C)C)cc2)NC(=O)c2ccccc2)cc1)C(=O)Nc1ccc(Cl)cc1. The maximum Gasteiger partial charge on any atom is 0.272 e. The van der Waals surface area contributed by atoms with Crippen LogP contribution in [0.5, 0.6) is 0 Å². The highest BCUT2D eigenvalue weighted by molar-refractivity contribution is 8.00. The van der Waals surface area contributed by atoms with Crippen molar-refractivity contribution in [1.29, 1.82) is 0 Å². The van der Waals surface area contributed by atoms with E-state index in [-0.39, 0.29) is 22.8 Å². The summed E-state index contributed by atoms with van der Waals surface area (Å²) in [5.74, 6) is -0.992. The molecule has 0 aromatic heterocycles. The molecule has 0 saturated heterocycles. The molecule has 214 valence electrons. The fraction of sp³-hybridized carbons (Fsp3) is 0.121. The fourth-order valence-electron chi connectivity index (χ4n) is 3.83. The van der Waals surface area contributed by atoms with Gasteiger partial charge in [0.1, 0.15) is 5.70 Å². The zero-order chi connectivity index (χ0) is 30.1. The van der Waals surface area contributed by atoms with Gasteiger partial charge in [0, 0.05) is 46.6 Å². The molecule has 4 aromatic rings. The monoisotopic (exact) mass is 598 g/mol. The van der Waals surface area contributed by atoms with E-state index in [4.69, 9.17) is 11.6 Å². The molecule has 1 atom stereocenters. The van der Waals surface area contributed by atoms with Gasteiger partial charge in [0.25, 0.3) is 11.8 Å². The molecule has 4 rings (SSSR count). The predicted molar refractivity (Wildman–Crippen MR) is 173 cm³/mol. The van der Waals surface area contributed by atoms with Gasteiger partial charge < -0.3 is 20.9 Å². The smallest absolute Gasteiger partial charge is 0.272 e. The Hall–Kier alpha value is -4.53. The van der Waals surface area contributed by atoms with Crippen LogP contribution in [-0.4, -0.2) is 37.1 Å². The summed E-state index contributed by atoms with van der Waals surface area (Å²) in [6.45, 7) is 1.82. The minimum Gasteiger partial charge on any atom is -0.378 e. The number of amides is 3. The first-order valence-corrected chi connectivity index (χ1v) is 14.4. The largest absolute Gasteiger partial charge is 0.378 e. The van der Waals surface area contributed by atoms with E-state index >= 15 is 0 Å². The third kappa shape index (κ3) is 8.73. The summed E-state index contributed by atoms with van der Waals surface area (Å²) in [6.07, 6.45) is 1.64. The maximum atomic E-state index is 13.3. The topological polar surface area (TPSA) is 90.5 Å². The van der Waals surface area contributed by atoms with E-state index in [2.05, 4.69) is 16.0 Å². The molecule has 3 amide bonds. The van der Waals surface area contributed by atoms with Crippen molar-refractivity contribution < 1.29 is 14.4 Å². The highest BCUT2D eigenvalue weighted by Gasteiger charge is 2.17. The van der Waals surface area contributed by atoms with Gasteiger partial charge in [-0.2, -0.15) is 0 Å². The van der Waals surface area contributed by atoms with Crippen molar-refractivity contribution in [3.8, 4) is 0 Å². The van der Waals surface area contributed by atoms with Crippen molar-refractivity contribution in [2.45, 2.75) is 17.1 Å². The Labute approximate surface area is 255 Å². The lowest BCUT2D eigenvalue weighted by Gasteiger charge is -2.14. The average Bonchev–Trinajstić information content (AvgIpc) is 2.99. The number of hydrogen-bond acceptors (Lipinski definition) is 5. The first kappa shape index (κ1) is 30.4. The molecule has 0 spiro atoms. The van der Waals surface area contributed by atoms with Crippen LogP contribution in [-0.2, 0) is 9.59 Å². The van der Waals surface area contributed by atoms with Crippen LogP contribution in [0.1, 0.15) is 22.8 Å². The molecule has 4 aromatic carbocycles. The maximum absolute atomic E-state index is 13.3. The van der Waals surface area contributed by atoms with Crippen LogP contribution in [0.4, 0.5) is 17.1 Å². The first-order valence-electron chi connectivity index (χ1n) is 13.2. The van der Waals surface area contributed by atoms with Crippen LogP contribution >= 0.6 is 23.4 Å². The molecular formula is C33H31ClN4O3S. The number of benzene rings is 4. The standard InChI is InChI=1S/C33H31ClN4O3S/c1-22(31(39)35-26-13-11-25(34)12-14-26)42-29-19-15-27(16-20-29)36-33(41)30(37-32(40)24-7-5-4-6-8-24)21-23-9-17-28(18-10-23)38(2)3/h4-22H,1-3H3,(H,35,39)(H,36,41)(H,37,40)/b30-21-. The second kappa shape index (κ2) is 14.4. The number of anilines is 3. The van der Waals surface area contributed by atoms with Crippen LogP contribution in [0.15, 0.2) is 114 Å². The van der Waals surface area contributed by atoms with Gasteiger partial charge in [-0.1, -0.05) is 41.9 Å². The zero-order valence-electron chi connectivity index (χ0n) is 23.4. The van der Waals surface area contributed by atoms with Crippen LogP contribution in [0.3, 0.4) is 0 Å². The summed E-state index contributed by atoms with van der Waals surface area (Å²) in [5.41, 5.74) is 3.54. The van der Waals surface area contributed by atoms with Gasteiger partial charge in [-0.25, -0.2) is 0 Å². The molecule has 0 fully saturated rings. The number of carbonyl (C=O) groups is 3. The fourth-order valence-corrected chi connectivity index (χ4v) is 4.82. The molecule has 0 aliphatic carbocycles. The van der Waals surface area contributed by atoms with Gasteiger partial charge in [-0.05, 0) is 91.4 Å². The Balaban J connectivity index is 1.44. The van der Waals surface area contributed by atoms with Crippen molar-refractivity contribution in [2.75, 3.05) is 29.6 Å². The normalized spacial score (nSPS) is 11.8. The van der Waals surface area contributed by atoms with E-state index in [9.17, 15) is 14.4 Å². The highest BCUT2D eigenvalue weighted by Crippen LogP contribution is 2.26. The summed E-state index contributed by atoms with van der Waals surface area (Å²) >= 11 is 7.31. The number of halogens is 1. The molecule has 0 heterocycles. The molecule has 0 bridgehead atoms. The van der Waals surface area contributed by atoms with Crippen molar-refractivity contribution in [1.82, 2.24) is 5.32 Å². The van der Waals surface area contributed by atoms with E-state index in [1.807, 2.05) is 68.4 Å². The van der Waals surface area contributed by atoms with E-state index in [0.29, 0.717) is 22.0 Å². The number of nitrogens with zero attached hydrogens (tertiary/aromatic N) is 1. The molecular weight excluding hydrogens is 568 g/mol. The molecule has 0 aliphatic heterocycles.